The monoisotopic (exact) mass is 501 g/mol. The van der Waals surface area contributed by atoms with Crippen molar-refractivity contribution in [1.29, 1.82) is 0 Å². The molecule has 0 unspecified atom stereocenters. The van der Waals surface area contributed by atoms with Crippen LogP contribution in [0.2, 0.25) is 5.02 Å². The third-order valence-corrected chi connectivity index (χ3v) is 8.22. The molecule has 3 N–H and O–H groups in total. The second-order valence-corrected chi connectivity index (χ2v) is 10.9. The number of nitrogen functional groups attached to an aromatic ring is 1. The average Bonchev–Trinajstić information content (AvgIpc) is 2.77. The molecule has 0 spiro atoms. The molecule has 0 aliphatic carbocycles. The van der Waals surface area contributed by atoms with E-state index in [2.05, 4.69) is 0 Å². The molecule has 0 saturated heterocycles. The highest BCUT2D eigenvalue weighted by molar-refractivity contribution is 7.91. The maximum Gasteiger partial charge on any atom is 0.296 e. The molecule has 0 saturated carbocycles. The number of fused-ring (bicyclic) bond motifs is 1. The first-order valence-corrected chi connectivity index (χ1v) is 12.7. The minimum Gasteiger partial charge on any atom is -0.398 e. The molecular formula is C23H16ClNO6S2. The third-order valence-electron chi connectivity index (χ3n) is 5.06. The number of nitrogens with two attached hydrogens (primary N) is 1. The molecule has 7 nitrogen and oxygen atoms in total. The van der Waals surface area contributed by atoms with Crippen molar-refractivity contribution in [2.24, 2.45) is 0 Å². The Kier molecular flexibility index (Phi) is 5.75. The van der Waals surface area contributed by atoms with Crippen LogP contribution < -0.4 is 5.73 Å². The topological polar surface area (TPSA) is 132 Å². The Morgan fingerprint density at radius 3 is 2.06 bits per heavy atom. The molecule has 4 aromatic rings. The molecule has 0 aromatic heterocycles. The zero-order valence-electron chi connectivity index (χ0n) is 16.8. The van der Waals surface area contributed by atoms with Crippen LogP contribution >= 0.6 is 11.6 Å². The molecule has 33 heavy (non-hydrogen) atoms. The molecule has 10 heteroatoms. The summed E-state index contributed by atoms with van der Waals surface area (Å²) >= 11 is 5.79. The number of rotatable bonds is 5. The Balaban J connectivity index is 1.73. The number of carbonyl (C=O) groups is 1. The smallest absolute Gasteiger partial charge is 0.296 e. The molecule has 0 amide bonds. The highest BCUT2D eigenvalue weighted by atomic mass is 35.5. The van der Waals surface area contributed by atoms with Gasteiger partial charge in [0.1, 0.15) is 4.90 Å². The van der Waals surface area contributed by atoms with Gasteiger partial charge in [0, 0.05) is 11.1 Å². The van der Waals surface area contributed by atoms with Gasteiger partial charge < -0.3 is 5.73 Å². The number of hydrogen-bond acceptors (Lipinski definition) is 6. The fraction of sp³-hybridized carbons (Fsp3) is 0. The van der Waals surface area contributed by atoms with E-state index in [-0.39, 0.29) is 31.6 Å². The summed E-state index contributed by atoms with van der Waals surface area (Å²) in [6.07, 6.45) is 0. The van der Waals surface area contributed by atoms with Crippen LogP contribution in [-0.2, 0) is 20.0 Å². The SMILES string of the molecule is Nc1cc(C(=O)c2ccc(Cl)c(S(=O)(=O)O)c2)ccc1S(=O)(=O)c1ccc2ccccc2c1. The van der Waals surface area contributed by atoms with Crippen molar-refractivity contribution in [3.05, 3.63) is 95.0 Å². The molecule has 4 aromatic carbocycles. The normalized spacial score (nSPS) is 12.1. The van der Waals surface area contributed by atoms with Gasteiger partial charge in [0.25, 0.3) is 10.1 Å². The summed E-state index contributed by atoms with van der Waals surface area (Å²) in [6, 6.07) is 19.2. The lowest BCUT2D eigenvalue weighted by atomic mass is 10.0. The van der Waals surface area contributed by atoms with E-state index in [1.54, 1.807) is 24.3 Å². The standard InChI is InChI=1S/C23H16ClNO6S2/c24-19-9-6-17(13-22(19)33(29,30)31)23(26)16-7-10-21(20(25)12-16)32(27,28)18-8-5-14-3-1-2-4-15(14)11-18/h1-13H,25H2,(H,29,30,31). The minimum atomic E-state index is -4.64. The summed E-state index contributed by atoms with van der Waals surface area (Å²) in [5.74, 6) is -0.627. The van der Waals surface area contributed by atoms with E-state index in [4.69, 9.17) is 17.3 Å². The number of halogens is 1. The molecular weight excluding hydrogens is 486 g/mol. The number of sulfone groups is 1. The van der Waals surface area contributed by atoms with Crippen LogP contribution in [0.25, 0.3) is 10.8 Å². The van der Waals surface area contributed by atoms with E-state index in [1.807, 2.05) is 12.1 Å². The van der Waals surface area contributed by atoms with Gasteiger partial charge in [-0.1, -0.05) is 41.9 Å². The average molecular weight is 502 g/mol. The van der Waals surface area contributed by atoms with Crippen molar-refractivity contribution in [2.45, 2.75) is 14.7 Å². The summed E-state index contributed by atoms with van der Waals surface area (Å²) in [5, 5.41) is 1.39. The number of benzene rings is 4. The van der Waals surface area contributed by atoms with Crippen LogP contribution in [0.3, 0.4) is 0 Å². The Morgan fingerprint density at radius 1 is 0.758 bits per heavy atom. The number of carbonyl (C=O) groups excluding carboxylic acids is 1. The van der Waals surface area contributed by atoms with E-state index in [1.165, 1.54) is 36.4 Å². The lowest BCUT2D eigenvalue weighted by Crippen LogP contribution is -2.09. The van der Waals surface area contributed by atoms with Gasteiger partial charge in [0.05, 0.1) is 20.5 Å². The van der Waals surface area contributed by atoms with Crippen molar-refractivity contribution in [3.63, 3.8) is 0 Å². The van der Waals surface area contributed by atoms with E-state index >= 15 is 0 Å². The number of ketones is 1. The second-order valence-electron chi connectivity index (χ2n) is 7.21. The highest BCUT2D eigenvalue weighted by Gasteiger charge is 2.23. The van der Waals surface area contributed by atoms with Crippen LogP contribution in [0.1, 0.15) is 15.9 Å². The van der Waals surface area contributed by atoms with Crippen LogP contribution in [0.4, 0.5) is 5.69 Å². The van der Waals surface area contributed by atoms with Crippen molar-refractivity contribution in [1.82, 2.24) is 0 Å². The summed E-state index contributed by atoms with van der Waals surface area (Å²) in [4.78, 5) is 12.1. The first kappa shape index (κ1) is 22.9. The highest BCUT2D eigenvalue weighted by Crippen LogP contribution is 2.30. The van der Waals surface area contributed by atoms with Gasteiger partial charge in [-0.25, -0.2) is 8.42 Å². The second kappa shape index (κ2) is 8.27. The molecule has 0 bridgehead atoms. The Labute approximate surface area is 195 Å². The van der Waals surface area contributed by atoms with E-state index < -0.39 is 30.6 Å². The van der Waals surface area contributed by atoms with Gasteiger partial charge in [-0.05, 0) is 59.3 Å². The van der Waals surface area contributed by atoms with E-state index in [0.29, 0.717) is 0 Å². The molecule has 0 aliphatic rings. The van der Waals surface area contributed by atoms with E-state index in [0.717, 1.165) is 16.8 Å². The fourth-order valence-electron chi connectivity index (χ4n) is 3.40. The molecule has 0 aliphatic heterocycles. The quantitative estimate of drug-likeness (QED) is 0.235. The van der Waals surface area contributed by atoms with Gasteiger partial charge in [-0.15, -0.1) is 0 Å². The maximum absolute atomic E-state index is 13.2. The molecule has 0 heterocycles. The van der Waals surface area contributed by atoms with Crippen LogP contribution in [0.15, 0.2) is 93.5 Å². The van der Waals surface area contributed by atoms with Crippen molar-refractivity contribution < 1.29 is 26.2 Å². The maximum atomic E-state index is 13.2. The Hall–Kier alpha value is -3.24. The van der Waals surface area contributed by atoms with E-state index in [9.17, 15) is 26.2 Å². The molecule has 0 fully saturated rings. The van der Waals surface area contributed by atoms with Crippen LogP contribution in [0, 0.1) is 0 Å². The van der Waals surface area contributed by atoms with Gasteiger partial charge in [0.15, 0.2) is 5.78 Å². The predicted molar refractivity (Wildman–Crippen MR) is 125 cm³/mol. The minimum absolute atomic E-state index is 0.0357. The largest absolute Gasteiger partial charge is 0.398 e. The van der Waals surface area contributed by atoms with Gasteiger partial charge >= 0.3 is 0 Å². The number of hydrogen-bond donors (Lipinski definition) is 2. The molecule has 4 rings (SSSR count). The summed E-state index contributed by atoms with van der Waals surface area (Å²) < 4.78 is 58.5. The molecule has 168 valence electrons. The van der Waals surface area contributed by atoms with Gasteiger partial charge in [0.2, 0.25) is 9.84 Å². The molecule has 0 radical (unpaired) electrons. The van der Waals surface area contributed by atoms with Gasteiger partial charge in [-0.2, -0.15) is 8.42 Å². The van der Waals surface area contributed by atoms with Crippen LogP contribution in [0.5, 0.6) is 0 Å². The summed E-state index contributed by atoms with van der Waals surface area (Å²) in [6.45, 7) is 0. The predicted octanol–water partition coefficient (Wildman–Crippen LogP) is 4.39. The van der Waals surface area contributed by atoms with Crippen LogP contribution in [-0.4, -0.2) is 27.2 Å². The lowest BCUT2D eigenvalue weighted by molar-refractivity contribution is 0.103. The Bertz CT molecular complexity index is 1650. The number of anilines is 1. The van der Waals surface area contributed by atoms with Crippen molar-refractivity contribution in [3.8, 4) is 0 Å². The first-order valence-electron chi connectivity index (χ1n) is 9.43. The summed E-state index contributed by atoms with van der Waals surface area (Å²) in [7, 11) is -8.61. The Morgan fingerprint density at radius 2 is 1.39 bits per heavy atom. The lowest BCUT2D eigenvalue weighted by Gasteiger charge is -2.11. The van der Waals surface area contributed by atoms with Crippen molar-refractivity contribution >= 4 is 53.8 Å². The van der Waals surface area contributed by atoms with Crippen molar-refractivity contribution in [2.75, 3.05) is 5.73 Å². The summed E-state index contributed by atoms with van der Waals surface area (Å²) in [5.41, 5.74) is 5.83. The molecule has 0 atom stereocenters. The fourth-order valence-corrected chi connectivity index (χ4v) is 5.80. The third kappa shape index (κ3) is 4.36. The first-order chi connectivity index (χ1) is 15.5. The van der Waals surface area contributed by atoms with Gasteiger partial charge in [-0.3, -0.25) is 9.35 Å². The zero-order valence-corrected chi connectivity index (χ0v) is 19.2. The zero-order chi connectivity index (χ0) is 24.0.